The second-order valence-electron chi connectivity index (χ2n) is 3.62. The van der Waals surface area contributed by atoms with Gasteiger partial charge in [0.05, 0.1) is 0 Å². The number of rotatable bonds is 3. The fourth-order valence-corrected chi connectivity index (χ4v) is 1.60. The van der Waals surface area contributed by atoms with Gasteiger partial charge in [-0.3, -0.25) is 4.79 Å². The zero-order valence-corrected chi connectivity index (χ0v) is 8.29. The number of carbonyl (C=O) groups is 1. The van der Waals surface area contributed by atoms with Gasteiger partial charge in [0.1, 0.15) is 5.82 Å². The maximum Gasteiger partial charge on any atom is 0.157 e. The summed E-state index contributed by atoms with van der Waals surface area (Å²) in [7, 11) is 0. The highest BCUT2D eigenvalue weighted by atomic mass is 19.1. The lowest BCUT2D eigenvalue weighted by Gasteiger charge is -2.06. The molecule has 2 rings (SSSR count). The van der Waals surface area contributed by atoms with Crippen LogP contribution in [0.15, 0.2) is 36.0 Å². The van der Waals surface area contributed by atoms with Crippen LogP contribution in [-0.4, -0.2) is 5.78 Å². The molecule has 0 spiro atoms. The van der Waals surface area contributed by atoms with Crippen molar-refractivity contribution in [2.75, 3.05) is 0 Å². The Kier molecular flexibility index (Phi) is 2.81. The lowest BCUT2D eigenvalue weighted by atomic mass is 10.2. The van der Waals surface area contributed by atoms with Crippen LogP contribution < -0.4 is 5.32 Å². The van der Waals surface area contributed by atoms with Crippen LogP contribution in [0.3, 0.4) is 0 Å². The van der Waals surface area contributed by atoms with Gasteiger partial charge in [-0.2, -0.15) is 0 Å². The minimum absolute atomic E-state index is 0.164. The molecule has 0 aliphatic heterocycles. The Morgan fingerprint density at radius 2 is 2.20 bits per heavy atom. The molecule has 0 aromatic heterocycles. The highest BCUT2D eigenvalue weighted by Crippen LogP contribution is 2.12. The summed E-state index contributed by atoms with van der Waals surface area (Å²) in [5, 5.41) is 3.13. The average molecular weight is 205 g/mol. The lowest BCUT2D eigenvalue weighted by molar-refractivity contribution is -0.114. The zero-order valence-electron chi connectivity index (χ0n) is 8.29. The first-order valence-electron chi connectivity index (χ1n) is 4.96. The summed E-state index contributed by atoms with van der Waals surface area (Å²) in [6, 6.07) is 6.44. The van der Waals surface area contributed by atoms with E-state index in [4.69, 9.17) is 0 Å². The minimum Gasteiger partial charge on any atom is -0.384 e. The van der Waals surface area contributed by atoms with Crippen molar-refractivity contribution in [2.45, 2.75) is 19.4 Å². The van der Waals surface area contributed by atoms with E-state index in [2.05, 4.69) is 5.32 Å². The number of benzene rings is 1. The monoisotopic (exact) mass is 205 g/mol. The number of hydrogen-bond acceptors (Lipinski definition) is 2. The second-order valence-corrected chi connectivity index (χ2v) is 3.62. The molecule has 1 N–H and O–H groups in total. The minimum atomic E-state index is -0.231. The molecule has 0 fully saturated rings. The van der Waals surface area contributed by atoms with Crippen molar-refractivity contribution in [2.24, 2.45) is 0 Å². The summed E-state index contributed by atoms with van der Waals surface area (Å²) < 4.78 is 12.8. The number of nitrogens with one attached hydrogen (secondary N) is 1. The zero-order chi connectivity index (χ0) is 10.7. The van der Waals surface area contributed by atoms with Gasteiger partial charge in [0.15, 0.2) is 5.78 Å². The molecular formula is C12H12FNO. The van der Waals surface area contributed by atoms with Gasteiger partial charge in [-0.1, -0.05) is 12.1 Å². The van der Waals surface area contributed by atoms with Crippen molar-refractivity contribution < 1.29 is 9.18 Å². The van der Waals surface area contributed by atoms with Gasteiger partial charge >= 0.3 is 0 Å². The molecule has 15 heavy (non-hydrogen) atoms. The van der Waals surface area contributed by atoms with Crippen LogP contribution in [0, 0.1) is 5.82 Å². The molecule has 78 valence electrons. The molecule has 1 aromatic rings. The molecule has 1 aliphatic carbocycles. The third kappa shape index (κ3) is 2.65. The summed E-state index contributed by atoms with van der Waals surface area (Å²) in [5.74, 6) is -0.0671. The van der Waals surface area contributed by atoms with Crippen molar-refractivity contribution >= 4 is 5.78 Å². The predicted molar refractivity (Wildman–Crippen MR) is 55.6 cm³/mol. The largest absolute Gasteiger partial charge is 0.384 e. The van der Waals surface area contributed by atoms with Crippen LogP contribution in [0.25, 0.3) is 0 Å². The fraction of sp³-hybridized carbons (Fsp3) is 0.250. The molecule has 0 heterocycles. The molecule has 2 nitrogen and oxygen atoms in total. The fourth-order valence-electron chi connectivity index (χ4n) is 1.60. The molecule has 0 amide bonds. The third-order valence-electron chi connectivity index (χ3n) is 2.38. The van der Waals surface area contributed by atoms with Crippen LogP contribution in [0.2, 0.25) is 0 Å². The SMILES string of the molecule is O=C1C=C(NCc2cccc(F)c2)CC1. The number of halogens is 1. The normalized spacial score (nSPS) is 15.3. The number of hydrogen-bond donors (Lipinski definition) is 1. The van der Waals surface area contributed by atoms with Crippen LogP contribution in [0.1, 0.15) is 18.4 Å². The van der Waals surface area contributed by atoms with E-state index in [1.54, 1.807) is 12.1 Å². The van der Waals surface area contributed by atoms with Crippen LogP contribution in [0.4, 0.5) is 4.39 Å². The highest BCUT2D eigenvalue weighted by Gasteiger charge is 2.10. The summed E-state index contributed by atoms with van der Waals surface area (Å²) in [6.07, 6.45) is 2.99. The van der Waals surface area contributed by atoms with E-state index < -0.39 is 0 Å². The van der Waals surface area contributed by atoms with Gasteiger partial charge in [0.2, 0.25) is 0 Å². The summed E-state index contributed by atoms with van der Waals surface area (Å²) in [6.45, 7) is 0.566. The molecule has 0 unspecified atom stereocenters. The molecule has 1 aromatic carbocycles. The molecule has 0 bridgehead atoms. The summed E-state index contributed by atoms with van der Waals surface area (Å²) in [4.78, 5) is 10.9. The number of carbonyl (C=O) groups excluding carboxylic acids is 1. The van der Waals surface area contributed by atoms with Crippen molar-refractivity contribution in [3.63, 3.8) is 0 Å². The maximum absolute atomic E-state index is 12.8. The molecule has 0 saturated carbocycles. The predicted octanol–water partition coefficient (Wildman–Crippen LogP) is 2.16. The van der Waals surface area contributed by atoms with E-state index >= 15 is 0 Å². The van der Waals surface area contributed by atoms with E-state index in [1.165, 1.54) is 12.1 Å². The Labute approximate surface area is 87.8 Å². The number of allylic oxidation sites excluding steroid dienone is 2. The lowest BCUT2D eigenvalue weighted by Crippen LogP contribution is -2.11. The van der Waals surface area contributed by atoms with Crippen molar-refractivity contribution in [3.8, 4) is 0 Å². The quantitative estimate of drug-likeness (QED) is 0.819. The first-order chi connectivity index (χ1) is 7.24. The van der Waals surface area contributed by atoms with Crippen LogP contribution in [-0.2, 0) is 11.3 Å². The Balaban J connectivity index is 1.93. The van der Waals surface area contributed by atoms with Gasteiger partial charge in [-0.15, -0.1) is 0 Å². The topological polar surface area (TPSA) is 29.1 Å². The molecule has 0 radical (unpaired) electrons. The molecule has 0 atom stereocenters. The third-order valence-corrected chi connectivity index (χ3v) is 2.38. The van der Waals surface area contributed by atoms with Gasteiger partial charge in [-0.25, -0.2) is 4.39 Å². The van der Waals surface area contributed by atoms with E-state index in [-0.39, 0.29) is 11.6 Å². The van der Waals surface area contributed by atoms with Gasteiger partial charge < -0.3 is 5.32 Å². The Hall–Kier alpha value is -1.64. The highest BCUT2D eigenvalue weighted by molar-refractivity contribution is 5.92. The molecule has 1 aliphatic rings. The molecule has 3 heteroatoms. The van der Waals surface area contributed by atoms with E-state index in [0.717, 1.165) is 17.7 Å². The summed E-state index contributed by atoms with van der Waals surface area (Å²) in [5.41, 5.74) is 1.83. The Bertz CT molecular complexity index is 412. The first kappa shape index (κ1) is 9.90. The maximum atomic E-state index is 12.8. The second kappa shape index (κ2) is 4.26. The summed E-state index contributed by atoms with van der Waals surface area (Å²) >= 11 is 0. The van der Waals surface area contributed by atoms with Crippen molar-refractivity contribution in [1.82, 2.24) is 5.32 Å². The number of ketones is 1. The van der Waals surface area contributed by atoms with E-state index in [9.17, 15) is 9.18 Å². The van der Waals surface area contributed by atoms with E-state index in [1.807, 2.05) is 6.07 Å². The van der Waals surface area contributed by atoms with Crippen LogP contribution in [0.5, 0.6) is 0 Å². The van der Waals surface area contributed by atoms with Crippen molar-refractivity contribution in [3.05, 3.63) is 47.4 Å². The first-order valence-corrected chi connectivity index (χ1v) is 4.96. The molecule has 0 saturated heterocycles. The smallest absolute Gasteiger partial charge is 0.157 e. The van der Waals surface area contributed by atoms with Crippen LogP contribution >= 0.6 is 0 Å². The van der Waals surface area contributed by atoms with Crippen molar-refractivity contribution in [1.29, 1.82) is 0 Å². The van der Waals surface area contributed by atoms with Gasteiger partial charge in [0, 0.05) is 24.7 Å². The Morgan fingerprint density at radius 1 is 1.33 bits per heavy atom. The van der Waals surface area contributed by atoms with Gasteiger partial charge in [0.25, 0.3) is 0 Å². The van der Waals surface area contributed by atoms with Gasteiger partial charge in [-0.05, 0) is 24.1 Å². The molecular weight excluding hydrogens is 193 g/mol. The average Bonchev–Trinajstić information content (AvgIpc) is 2.62. The van der Waals surface area contributed by atoms with E-state index in [0.29, 0.717) is 13.0 Å². The Morgan fingerprint density at radius 3 is 2.87 bits per heavy atom. The standard InChI is InChI=1S/C12H12FNO/c13-10-3-1-2-9(6-10)8-14-11-4-5-12(15)7-11/h1-3,6-7,14H,4-5,8H2.